The summed E-state index contributed by atoms with van der Waals surface area (Å²) in [4.78, 5) is 0. The molecule has 0 radical (unpaired) electrons. The molecule has 0 bridgehead atoms. The Hall–Kier alpha value is -0.760. The Morgan fingerprint density at radius 3 is 2.06 bits per heavy atom. The summed E-state index contributed by atoms with van der Waals surface area (Å²) in [6.45, 7) is 8.78. The lowest BCUT2D eigenvalue weighted by molar-refractivity contribution is 0.0963. The van der Waals surface area contributed by atoms with Crippen LogP contribution in [0.4, 0.5) is 0 Å². The normalized spacial score (nSPS) is 23.9. The van der Waals surface area contributed by atoms with Gasteiger partial charge >= 0.3 is 0 Å². The SMILES string of the molecule is CC(C)C1CCC(O)CC1.CC(C)c1ccco1. The maximum absolute atomic E-state index is 9.21. The molecule has 1 aromatic rings. The van der Waals surface area contributed by atoms with E-state index >= 15 is 0 Å². The zero-order valence-corrected chi connectivity index (χ0v) is 12.2. The minimum Gasteiger partial charge on any atom is -0.469 e. The minimum absolute atomic E-state index is 0.00926. The molecule has 0 amide bonds. The van der Waals surface area contributed by atoms with Gasteiger partial charge in [0, 0.05) is 5.92 Å². The molecular weight excluding hydrogens is 224 g/mol. The van der Waals surface area contributed by atoms with E-state index in [1.165, 1.54) is 12.8 Å². The number of aliphatic hydroxyl groups is 1. The highest BCUT2D eigenvalue weighted by molar-refractivity contribution is 5.02. The molecule has 1 aliphatic carbocycles. The molecule has 18 heavy (non-hydrogen) atoms. The van der Waals surface area contributed by atoms with Gasteiger partial charge in [-0.25, -0.2) is 0 Å². The molecule has 104 valence electrons. The van der Waals surface area contributed by atoms with Gasteiger partial charge in [0.15, 0.2) is 0 Å². The van der Waals surface area contributed by atoms with Crippen LogP contribution >= 0.6 is 0 Å². The van der Waals surface area contributed by atoms with Crippen molar-refractivity contribution in [2.45, 2.75) is 65.4 Å². The second-order valence-electron chi connectivity index (χ2n) is 5.98. The van der Waals surface area contributed by atoms with Crippen molar-refractivity contribution in [2.24, 2.45) is 11.8 Å². The van der Waals surface area contributed by atoms with Crippen molar-refractivity contribution in [1.82, 2.24) is 0 Å². The van der Waals surface area contributed by atoms with E-state index in [1.807, 2.05) is 12.1 Å². The van der Waals surface area contributed by atoms with Crippen LogP contribution in [0.15, 0.2) is 22.8 Å². The maximum atomic E-state index is 9.21. The standard InChI is InChI=1S/C9H18O.C7H10O/c1-7(2)8-3-5-9(10)6-4-8;1-6(2)7-4-3-5-8-7/h7-10H,3-6H2,1-2H3;3-6H,1-2H3. The van der Waals surface area contributed by atoms with Crippen LogP contribution in [-0.2, 0) is 0 Å². The van der Waals surface area contributed by atoms with E-state index in [-0.39, 0.29) is 6.10 Å². The van der Waals surface area contributed by atoms with Crippen molar-refractivity contribution in [3.8, 4) is 0 Å². The fourth-order valence-corrected chi connectivity index (χ4v) is 2.39. The molecule has 1 heterocycles. The van der Waals surface area contributed by atoms with E-state index in [9.17, 15) is 5.11 Å². The molecule has 1 saturated carbocycles. The van der Waals surface area contributed by atoms with Gasteiger partial charge in [-0.2, -0.15) is 0 Å². The highest BCUT2D eigenvalue weighted by atomic mass is 16.3. The van der Waals surface area contributed by atoms with Gasteiger partial charge in [0.2, 0.25) is 0 Å². The highest BCUT2D eigenvalue weighted by Gasteiger charge is 2.21. The quantitative estimate of drug-likeness (QED) is 0.834. The lowest BCUT2D eigenvalue weighted by atomic mass is 9.81. The zero-order chi connectivity index (χ0) is 13.5. The third-order valence-corrected chi connectivity index (χ3v) is 3.80. The van der Waals surface area contributed by atoms with Crippen molar-refractivity contribution in [3.63, 3.8) is 0 Å². The maximum Gasteiger partial charge on any atom is 0.106 e. The predicted molar refractivity (Wildman–Crippen MR) is 75.6 cm³/mol. The van der Waals surface area contributed by atoms with E-state index in [2.05, 4.69) is 27.7 Å². The Kier molecular flexibility index (Phi) is 6.48. The number of hydrogen-bond acceptors (Lipinski definition) is 2. The van der Waals surface area contributed by atoms with Crippen molar-refractivity contribution >= 4 is 0 Å². The van der Waals surface area contributed by atoms with Gasteiger partial charge in [-0.05, 0) is 49.7 Å². The average Bonchev–Trinajstić information content (AvgIpc) is 2.84. The molecule has 1 aliphatic rings. The van der Waals surface area contributed by atoms with Crippen LogP contribution in [0.1, 0.15) is 65.1 Å². The highest BCUT2D eigenvalue weighted by Crippen LogP contribution is 2.29. The smallest absolute Gasteiger partial charge is 0.106 e. The fourth-order valence-electron chi connectivity index (χ4n) is 2.39. The second-order valence-corrected chi connectivity index (χ2v) is 5.98. The molecule has 2 rings (SSSR count). The van der Waals surface area contributed by atoms with Crippen LogP contribution < -0.4 is 0 Å². The van der Waals surface area contributed by atoms with Gasteiger partial charge in [-0.3, -0.25) is 0 Å². The topological polar surface area (TPSA) is 33.4 Å². The first-order chi connectivity index (χ1) is 8.50. The zero-order valence-electron chi connectivity index (χ0n) is 12.2. The van der Waals surface area contributed by atoms with Crippen molar-refractivity contribution in [1.29, 1.82) is 0 Å². The molecule has 0 atom stereocenters. The summed E-state index contributed by atoms with van der Waals surface area (Å²) in [5.41, 5.74) is 0. The average molecular weight is 252 g/mol. The van der Waals surface area contributed by atoms with E-state index in [4.69, 9.17) is 4.42 Å². The van der Waals surface area contributed by atoms with Crippen molar-refractivity contribution in [2.75, 3.05) is 0 Å². The molecule has 0 spiro atoms. The Balaban J connectivity index is 0.000000184. The summed E-state index contributed by atoms with van der Waals surface area (Å²) in [5.74, 6) is 3.27. The number of aliphatic hydroxyl groups excluding tert-OH is 1. The molecule has 1 N–H and O–H groups in total. The Morgan fingerprint density at radius 2 is 1.72 bits per heavy atom. The summed E-state index contributed by atoms with van der Waals surface area (Å²) < 4.78 is 5.09. The Bertz CT molecular complexity index is 293. The minimum atomic E-state index is 0.00926. The number of hydrogen-bond donors (Lipinski definition) is 1. The molecule has 1 aromatic heterocycles. The van der Waals surface area contributed by atoms with E-state index < -0.39 is 0 Å². The van der Waals surface area contributed by atoms with Gasteiger partial charge < -0.3 is 9.52 Å². The van der Waals surface area contributed by atoms with Gasteiger partial charge in [-0.1, -0.05) is 27.7 Å². The molecule has 0 saturated heterocycles. The third kappa shape index (κ3) is 5.26. The number of rotatable bonds is 2. The molecule has 0 aromatic carbocycles. The monoisotopic (exact) mass is 252 g/mol. The van der Waals surface area contributed by atoms with Crippen LogP contribution in [0.3, 0.4) is 0 Å². The molecule has 1 fully saturated rings. The van der Waals surface area contributed by atoms with Crippen molar-refractivity contribution in [3.05, 3.63) is 24.2 Å². The van der Waals surface area contributed by atoms with Gasteiger partial charge in [0.05, 0.1) is 12.4 Å². The summed E-state index contributed by atoms with van der Waals surface area (Å²) in [7, 11) is 0. The third-order valence-electron chi connectivity index (χ3n) is 3.80. The van der Waals surface area contributed by atoms with Crippen LogP contribution in [0.2, 0.25) is 0 Å². The lowest BCUT2D eigenvalue weighted by Gasteiger charge is -2.27. The Labute approximate surface area is 111 Å². The summed E-state index contributed by atoms with van der Waals surface area (Å²) in [6.07, 6.45) is 6.24. The first-order valence-electron chi connectivity index (χ1n) is 7.22. The Morgan fingerprint density at radius 1 is 1.11 bits per heavy atom. The van der Waals surface area contributed by atoms with Gasteiger partial charge in [-0.15, -0.1) is 0 Å². The van der Waals surface area contributed by atoms with Gasteiger partial charge in [0.25, 0.3) is 0 Å². The molecule has 2 heteroatoms. The van der Waals surface area contributed by atoms with Crippen LogP contribution in [0, 0.1) is 11.8 Å². The van der Waals surface area contributed by atoms with Crippen LogP contribution in [0.5, 0.6) is 0 Å². The molecular formula is C16H28O2. The van der Waals surface area contributed by atoms with E-state index in [1.54, 1.807) is 6.26 Å². The molecule has 0 unspecified atom stereocenters. The predicted octanol–water partition coefficient (Wildman–Crippen LogP) is 4.60. The van der Waals surface area contributed by atoms with Crippen LogP contribution in [-0.4, -0.2) is 11.2 Å². The molecule has 0 aliphatic heterocycles. The van der Waals surface area contributed by atoms with Crippen molar-refractivity contribution < 1.29 is 9.52 Å². The summed E-state index contributed by atoms with van der Waals surface area (Å²) in [6, 6.07) is 3.90. The van der Waals surface area contributed by atoms with E-state index in [0.29, 0.717) is 5.92 Å². The first-order valence-corrected chi connectivity index (χ1v) is 7.22. The van der Waals surface area contributed by atoms with Crippen LogP contribution in [0.25, 0.3) is 0 Å². The fraction of sp³-hybridized carbons (Fsp3) is 0.750. The second kappa shape index (κ2) is 7.63. The summed E-state index contributed by atoms with van der Waals surface area (Å²) >= 11 is 0. The van der Waals surface area contributed by atoms with Gasteiger partial charge in [0.1, 0.15) is 5.76 Å². The largest absolute Gasteiger partial charge is 0.469 e. The van der Waals surface area contributed by atoms with E-state index in [0.717, 1.165) is 30.4 Å². The number of furan rings is 1. The summed E-state index contributed by atoms with van der Waals surface area (Å²) in [5, 5.41) is 9.21. The lowest BCUT2D eigenvalue weighted by Crippen LogP contribution is -2.21. The molecule has 2 nitrogen and oxygen atoms in total. The first kappa shape index (κ1) is 15.3.